The molecule has 6 heteroatoms. The van der Waals surface area contributed by atoms with Gasteiger partial charge in [-0.25, -0.2) is 12.8 Å². The van der Waals surface area contributed by atoms with Crippen molar-refractivity contribution in [2.24, 2.45) is 0 Å². The van der Waals surface area contributed by atoms with Crippen molar-refractivity contribution in [3.63, 3.8) is 0 Å². The number of benzene rings is 1. The first-order valence-electron chi connectivity index (χ1n) is 4.53. The molecule has 0 unspecified atom stereocenters. The second-order valence-corrected chi connectivity index (χ2v) is 5.17. The van der Waals surface area contributed by atoms with Gasteiger partial charge in [0.25, 0.3) is 0 Å². The van der Waals surface area contributed by atoms with Crippen molar-refractivity contribution in [3.8, 4) is 0 Å². The van der Waals surface area contributed by atoms with Crippen molar-refractivity contribution in [2.75, 3.05) is 20.0 Å². The molecule has 0 radical (unpaired) electrons. The number of hydrogen-bond acceptors (Lipinski definition) is 4. The minimum Gasteiger partial charge on any atom is -0.355 e. The summed E-state index contributed by atoms with van der Waals surface area (Å²) >= 11 is 0. The molecule has 4 nitrogen and oxygen atoms in total. The molecule has 0 aromatic heterocycles. The third-order valence-corrected chi connectivity index (χ3v) is 3.76. The Bertz CT molecular complexity index is 423. The number of rotatable bonds is 5. The van der Waals surface area contributed by atoms with E-state index in [0.29, 0.717) is 0 Å². The van der Waals surface area contributed by atoms with Gasteiger partial charge in [-0.05, 0) is 24.3 Å². The molecule has 16 heavy (non-hydrogen) atoms. The molecule has 0 aliphatic carbocycles. The summed E-state index contributed by atoms with van der Waals surface area (Å²) in [6.07, 6.45) is -0.824. The fourth-order valence-electron chi connectivity index (χ4n) is 1.15. The lowest BCUT2D eigenvalue weighted by atomic mass is 10.4. The molecule has 0 fully saturated rings. The Morgan fingerprint density at radius 3 is 2.12 bits per heavy atom. The highest BCUT2D eigenvalue weighted by molar-refractivity contribution is 7.91. The molecule has 0 heterocycles. The van der Waals surface area contributed by atoms with Crippen LogP contribution >= 0.6 is 0 Å². The van der Waals surface area contributed by atoms with Crippen LogP contribution in [0.4, 0.5) is 4.39 Å². The molecule has 1 aromatic rings. The largest absolute Gasteiger partial charge is 0.355 e. The number of methoxy groups -OCH3 is 2. The average molecular weight is 248 g/mol. The van der Waals surface area contributed by atoms with Crippen LogP contribution in [-0.2, 0) is 19.3 Å². The van der Waals surface area contributed by atoms with Gasteiger partial charge >= 0.3 is 0 Å². The van der Waals surface area contributed by atoms with Gasteiger partial charge in [0.1, 0.15) is 11.6 Å². The van der Waals surface area contributed by atoms with Crippen LogP contribution in [0.3, 0.4) is 0 Å². The molecule has 90 valence electrons. The minimum absolute atomic E-state index is 0.0491. The average Bonchev–Trinajstić information content (AvgIpc) is 2.26. The molecule has 0 bridgehead atoms. The summed E-state index contributed by atoms with van der Waals surface area (Å²) < 4.78 is 45.8. The normalized spacial score (nSPS) is 12.0. The fourth-order valence-corrected chi connectivity index (χ4v) is 2.52. The standard InChI is InChI=1S/C10H13FO4S/c1-14-10(15-2)7-16(12,13)9-5-3-8(11)4-6-9/h3-6,10H,7H2,1-2H3. The lowest BCUT2D eigenvalue weighted by Gasteiger charge is -2.13. The minimum atomic E-state index is -3.52. The molecule has 0 atom stereocenters. The molecule has 0 amide bonds. The smallest absolute Gasteiger partial charge is 0.183 e. The van der Waals surface area contributed by atoms with E-state index < -0.39 is 21.9 Å². The molecular weight excluding hydrogens is 235 g/mol. The first-order valence-corrected chi connectivity index (χ1v) is 6.18. The van der Waals surface area contributed by atoms with Gasteiger partial charge in [0.05, 0.1) is 4.90 Å². The summed E-state index contributed by atoms with van der Waals surface area (Å²) in [6.45, 7) is 0. The lowest BCUT2D eigenvalue weighted by molar-refractivity contribution is -0.0851. The highest BCUT2D eigenvalue weighted by Crippen LogP contribution is 2.13. The summed E-state index contributed by atoms with van der Waals surface area (Å²) in [6, 6.07) is 4.63. The zero-order valence-corrected chi connectivity index (χ0v) is 9.83. The van der Waals surface area contributed by atoms with Gasteiger partial charge in [0.15, 0.2) is 16.1 Å². The van der Waals surface area contributed by atoms with Crippen LogP contribution in [-0.4, -0.2) is 34.7 Å². The summed E-state index contributed by atoms with van der Waals surface area (Å²) in [5.41, 5.74) is 0. The molecule has 0 aliphatic heterocycles. The SMILES string of the molecule is COC(CS(=O)(=O)c1ccc(F)cc1)OC. The van der Waals surface area contributed by atoms with E-state index >= 15 is 0 Å². The fraction of sp³-hybridized carbons (Fsp3) is 0.400. The molecule has 1 aromatic carbocycles. The Balaban J connectivity index is 2.89. The Labute approximate surface area is 93.9 Å². The summed E-state index contributed by atoms with van der Waals surface area (Å²) in [7, 11) is -0.806. The van der Waals surface area contributed by atoms with Crippen LogP contribution in [0.2, 0.25) is 0 Å². The maximum absolute atomic E-state index is 12.6. The Morgan fingerprint density at radius 1 is 1.19 bits per heavy atom. The molecule has 0 N–H and O–H groups in total. The maximum Gasteiger partial charge on any atom is 0.183 e. The van der Waals surface area contributed by atoms with Crippen LogP contribution in [0.15, 0.2) is 29.2 Å². The van der Waals surface area contributed by atoms with Gasteiger partial charge in [-0.15, -0.1) is 0 Å². The highest BCUT2D eigenvalue weighted by atomic mass is 32.2. The number of ether oxygens (including phenoxy) is 2. The van der Waals surface area contributed by atoms with Crippen molar-refractivity contribution in [1.29, 1.82) is 0 Å². The highest BCUT2D eigenvalue weighted by Gasteiger charge is 2.20. The third kappa shape index (κ3) is 3.26. The van der Waals surface area contributed by atoms with Gasteiger partial charge in [-0.2, -0.15) is 0 Å². The second kappa shape index (κ2) is 5.38. The lowest BCUT2D eigenvalue weighted by Crippen LogP contribution is -2.24. The molecular formula is C10H13FO4S. The van der Waals surface area contributed by atoms with E-state index in [9.17, 15) is 12.8 Å². The molecule has 0 saturated carbocycles. The second-order valence-electron chi connectivity index (χ2n) is 3.14. The molecule has 1 rings (SSSR count). The predicted molar refractivity (Wildman–Crippen MR) is 56.3 cm³/mol. The van der Waals surface area contributed by atoms with Crippen LogP contribution < -0.4 is 0 Å². The summed E-state index contributed by atoms with van der Waals surface area (Å²) in [4.78, 5) is 0.0491. The van der Waals surface area contributed by atoms with E-state index in [-0.39, 0.29) is 10.6 Å². The van der Waals surface area contributed by atoms with Crippen molar-refractivity contribution in [2.45, 2.75) is 11.2 Å². The van der Waals surface area contributed by atoms with E-state index in [0.717, 1.165) is 12.1 Å². The topological polar surface area (TPSA) is 52.6 Å². The zero-order valence-electron chi connectivity index (χ0n) is 9.01. The molecule has 0 saturated heterocycles. The van der Waals surface area contributed by atoms with Gasteiger partial charge in [-0.3, -0.25) is 0 Å². The Kier molecular flexibility index (Phi) is 4.40. The summed E-state index contributed by atoms with van der Waals surface area (Å²) in [5, 5.41) is 0. The van der Waals surface area contributed by atoms with E-state index in [1.807, 2.05) is 0 Å². The van der Waals surface area contributed by atoms with Crippen LogP contribution in [0.5, 0.6) is 0 Å². The van der Waals surface area contributed by atoms with Crippen LogP contribution in [0.1, 0.15) is 0 Å². The van der Waals surface area contributed by atoms with Crippen molar-refractivity contribution in [3.05, 3.63) is 30.1 Å². The predicted octanol–water partition coefficient (Wildman–Crippen LogP) is 1.22. The quantitative estimate of drug-likeness (QED) is 0.580. The van der Waals surface area contributed by atoms with E-state index in [1.165, 1.54) is 26.4 Å². The van der Waals surface area contributed by atoms with Crippen LogP contribution in [0, 0.1) is 5.82 Å². The third-order valence-electron chi connectivity index (χ3n) is 2.05. The molecule has 0 spiro atoms. The zero-order chi connectivity index (χ0) is 12.2. The van der Waals surface area contributed by atoms with Gasteiger partial charge in [0.2, 0.25) is 0 Å². The molecule has 0 aliphatic rings. The van der Waals surface area contributed by atoms with Gasteiger partial charge in [-0.1, -0.05) is 0 Å². The first-order chi connectivity index (χ1) is 7.49. The Morgan fingerprint density at radius 2 is 1.69 bits per heavy atom. The number of hydrogen-bond donors (Lipinski definition) is 0. The van der Waals surface area contributed by atoms with E-state index in [1.54, 1.807) is 0 Å². The monoisotopic (exact) mass is 248 g/mol. The summed E-state index contributed by atoms with van der Waals surface area (Å²) in [5.74, 6) is -0.778. The number of sulfone groups is 1. The number of halogens is 1. The van der Waals surface area contributed by atoms with E-state index in [4.69, 9.17) is 9.47 Å². The van der Waals surface area contributed by atoms with Gasteiger partial charge in [0, 0.05) is 14.2 Å². The van der Waals surface area contributed by atoms with Gasteiger partial charge < -0.3 is 9.47 Å². The first kappa shape index (κ1) is 13.1. The Hall–Kier alpha value is -0.980. The van der Waals surface area contributed by atoms with Crippen LogP contribution in [0.25, 0.3) is 0 Å². The van der Waals surface area contributed by atoms with E-state index in [2.05, 4.69) is 0 Å². The van der Waals surface area contributed by atoms with Crippen molar-refractivity contribution >= 4 is 9.84 Å². The van der Waals surface area contributed by atoms with Crippen molar-refractivity contribution < 1.29 is 22.3 Å². The maximum atomic E-state index is 12.6. The van der Waals surface area contributed by atoms with Crippen molar-refractivity contribution in [1.82, 2.24) is 0 Å².